The fraction of sp³-hybridized carbons (Fsp3) is 0.545. The highest BCUT2D eigenvalue weighted by Crippen LogP contribution is 2.15. The molecular weight excluding hydrogens is 461 g/mol. The maximum absolute atomic E-state index is 4.48. The van der Waals surface area contributed by atoms with Gasteiger partial charge >= 0.3 is 0 Å². The van der Waals surface area contributed by atoms with Crippen molar-refractivity contribution in [3.63, 3.8) is 0 Å². The third kappa shape index (κ3) is 7.11. The SMILES string of the molecule is CN=C(NCCCc1ccc(C(C)C)cc1)NCCc1c(C)nn(C)c1C.I. The van der Waals surface area contributed by atoms with Crippen molar-refractivity contribution in [2.24, 2.45) is 12.0 Å². The fourth-order valence-corrected chi connectivity index (χ4v) is 3.27. The molecule has 1 heterocycles. The van der Waals surface area contributed by atoms with Crippen LogP contribution < -0.4 is 10.6 Å². The number of rotatable bonds is 8. The molecule has 2 aromatic rings. The fourth-order valence-electron chi connectivity index (χ4n) is 3.27. The van der Waals surface area contributed by atoms with Crippen LogP contribution in [-0.4, -0.2) is 35.9 Å². The van der Waals surface area contributed by atoms with Crippen molar-refractivity contribution >= 4 is 29.9 Å². The quantitative estimate of drug-likeness (QED) is 0.250. The standard InChI is InChI=1S/C22H35N5.HI/c1-16(2)20-11-9-19(10-12-20)8-7-14-24-22(23-5)25-15-13-21-17(3)26-27(6)18(21)4;/h9-12,16H,7-8,13-15H2,1-6H3,(H2,23,24,25);1H. The van der Waals surface area contributed by atoms with Crippen LogP contribution in [0.2, 0.25) is 0 Å². The predicted molar refractivity (Wildman–Crippen MR) is 130 cm³/mol. The normalized spacial score (nSPS) is 11.5. The van der Waals surface area contributed by atoms with Gasteiger partial charge in [-0.1, -0.05) is 38.1 Å². The lowest BCUT2D eigenvalue weighted by molar-refractivity contribution is 0.726. The van der Waals surface area contributed by atoms with E-state index in [1.807, 2.05) is 18.8 Å². The van der Waals surface area contributed by atoms with E-state index in [-0.39, 0.29) is 24.0 Å². The first-order chi connectivity index (χ1) is 12.9. The summed E-state index contributed by atoms with van der Waals surface area (Å²) in [5, 5.41) is 11.3. The van der Waals surface area contributed by atoms with E-state index in [9.17, 15) is 0 Å². The predicted octanol–water partition coefficient (Wildman–Crippen LogP) is 4.12. The van der Waals surface area contributed by atoms with Gasteiger partial charge in [-0.2, -0.15) is 5.10 Å². The number of aromatic nitrogens is 2. The van der Waals surface area contributed by atoms with Crippen LogP contribution in [0.1, 0.15) is 54.3 Å². The molecule has 1 aromatic carbocycles. The highest BCUT2D eigenvalue weighted by Gasteiger charge is 2.09. The van der Waals surface area contributed by atoms with Crippen molar-refractivity contribution in [1.29, 1.82) is 0 Å². The number of halogens is 1. The van der Waals surface area contributed by atoms with Gasteiger partial charge in [0.1, 0.15) is 0 Å². The largest absolute Gasteiger partial charge is 0.356 e. The maximum Gasteiger partial charge on any atom is 0.190 e. The molecule has 28 heavy (non-hydrogen) atoms. The third-order valence-electron chi connectivity index (χ3n) is 5.13. The van der Waals surface area contributed by atoms with Gasteiger partial charge in [-0.15, -0.1) is 24.0 Å². The van der Waals surface area contributed by atoms with Crippen LogP contribution in [0.5, 0.6) is 0 Å². The summed E-state index contributed by atoms with van der Waals surface area (Å²) in [5.74, 6) is 1.46. The maximum atomic E-state index is 4.48. The lowest BCUT2D eigenvalue weighted by Crippen LogP contribution is -2.38. The topological polar surface area (TPSA) is 54.2 Å². The molecule has 0 aliphatic heterocycles. The van der Waals surface area contributed by atoms with Crippen LogP contribution in [0.25, 0.3) is 0 Å². The van der Waals surface area contributed by atoms with Gasteiger partial charge in [0, 0.05) is 32.9 Å². The Morgan fingerprint density at radius 2 is 1.71 bits per heavy atom. The Bertz CT molecular complexity index is 747. The second kappa shape index (κ2) is 12.1. The molecule has 2 N–H and O–H groups in total. The number of aryl methyl sites for hydroxylation is 3. The number of nitrogens with zero attached hydrogens (tertiary/aromatic N) is 3. The number of aliphatic imine (C=N–C) groups is 1. The molecule has 0 radical (unpaired) electrons. The van der Waals surface area contributed by atoms with Gasteiger partial charge in [-0.3, -0.25) is 9.67 Å². The van der Waals surface area contributed by atoms with Crippen molar-refractivity contribution in [2.45, 2.75) is 52.9 Å². The van der Waals surface area contributed by atoms with Crippen LogP contribution in [0.3, 0.4) is 0 Å². The first-order valence-electron chi connectivity index (χ1n) is 9.94. The van der Waals surface area contributed by atoms with E-state index in [0.717, 1.165) is 44.0 Å². The van der Waals surface area contributed by atoms with Crippen molar-refractivity contribution in [3.05, 3.63) is 52.3 Å². The van der Waals surface area contributed by atoms with E-state index in [4.69, 9.17) is 0 Å². The zero-order valence-corrected chi connectivity index (χ0v) is 20.5. The van der Waals surface area contributed by atoms with Crippen molar-refractivity contribution in [1.82, 2.24) is 20.4 Å². The molecule has 0 aliphatic carbocycles. The highest BCUT2D eigenvalue weighted by atomic mass is 127. The molecule has 1 aromatic heterocycles. The molecule has 0 amide bonds. The van der Waals surface area contributed by atoms with Gasteiger partial charge in [0.2, 0.25) is 0 Å². The average molecular weight is 497 g/mol. The van der Waals surface area contributed by atoms with Crippen LogP contribution >= 0.6 is 24.0 Å². The number of guanidine groups is 1. The Kier molecular flexibility index (Phi) is 10.6. The number of nitrogens with one attached hydrogen (secondary N) is 2. The van der Waals surface area contributed by atoms with Gasteiger partial charge in [0.15, 0.2) is 5.96 Å². The molecule has 0 bridgehead atoms. The molecule has 5 nitrogen and oxygen atoms in total. The van der Waals surface area contributed by atoms with Crippen LogP contribution in [0.4, 0.5) is 0 Å². The molecule has 2 rings (SSSR count). The summed E-state index contributed by atoms with van der Waals surface area (Å²) in [4.78, 5) is 4.32. The Balaban J connectivity index is 0.00000392. The second-order valence-corrected chi connectivity index (χ2v) is 7.45. The summed E-state index contributed by atoms with van der Waals surface area (Å²) >= 11 is 0. The van der Waals surface area contributed by atoms with Crippen LogP contribution in [-0.2, 0) is 19.9 Å². The summed E-state index contributed by atoms with van der Waals surface area (Å²) < 4.78 is 1.95. The third-order valence-corrected chi connectivity index (χ3v) is 5.13. The van der Waals surface area contributed by atoms with Gasteiger partial charge in [-0.25, -0.2) is 0 Å². The molecule has 0 saturated carbocycles. The smallest absolute Gasteiger partial charge is 0.190 e. The Morgan fingerprint density at radius 1 is 1.07 bits per heavy atom. The van der Waals surface area contributed by atoms with Gasteiger partial charge in [0.25, 0.3) is 0 Å². The van der Waals surface area contributed by atoms with E-state index in [1.165, 1.54) is 22.4 Å². The summed E-state index contributed by atoms with van der Waals surface area (Å²) in [6.07, 6.45) is 3.12. The number of hydrogen-bond donors (Lipinski definition) is 2. The monoisotopic (exact) mass is 497 g/mol. The molecule has 0 atom stereocenters. The molecule has 0 aliphatic rings. The minimum Gasteiger partial charge on any atom is -0.356 e. The lowest BCUT2D eigenvalue weighted by atomic mass is 10.0. The minimum atomic E-state index is 0. The van der Waals surface area contributed by atoms with E-state index >= 15 is 0 Å². The van der Waals surface area contributed by atoms with Gasteiger partial charge in [-0.05, 0) is 55.7 Å². The highest BCUT2D eigenvalue weighted by molar-refractivity contribution is 14.0. The Hall–Kier alpha value is -1.57. The molecule has 6 heteroatoms. The summed E-state index contributed by atoms with van der Waals surface area (Å²) in [5.41, 5.74) is 6.47. The average Bonchev–Trinajstić information content (AvgIpc) is 2.89. The molecular formula is C22H36IN5. The first-order valence-corrected chi connectivity index (χ1v) is 9.94. The van der Waals surface area contributed by atoms with Crippen LogP contribution in [0, 0.1) is 13.8 Å². The van der Waals surface area contributed by atoms with E-state index in [0.29, 0.717) is 5.92 Å². The lowest BCUT2D eigenvalue weighted by Gasteiger charge is -2.12. The summed E-state index contributed by atoms with van der Waals surface area (Å²) in [6.45, 7) is 10.4. The van der Waals surface area contributed by atoms with E-state index < -0.39 is 0 Å². The van der Waals surface area contributed by atoms with E-state index in [1.54, 1.807) is 0 Å². The number of hydrogen-bond acceptors (Lipinski definition) is 2. The second-order valence-electron chi connectivity index (χ2n) is 7.45. The van der Waals surface area contributed by atoms with Gasteiger partial charge in [0.05, 0.1) is 5.69 Å². The summed E-state index contributed by atoms with van der Waals surface area (Å²) in [7, 11) is 3.82. The molecule has 0 unspecified atom stereocenters. The van der Waals surface area contributed by atoms with Crippen molar-refractivity contribution < 1.29 is 0 Å². The van der Waals surface area contributed by atoms with Crippen LogP contribution in [0.15, 0.2) is 29.3 Å². The number of benzene rings is 1. The molecule has 0 fully saturated rings. The molecule has 0 spiro atoms. The zero-order valence-electron chi connectivity index (χ0n) is 18.2. The van der Waals surface area contributed by atoms with Gasteiger partial charge < -0.3 is 10.6 Å². The van der Waals surface area contributed by atoms with Crippen molar-refractivity contribution in [2.75, 3.05) is 20.1 Å². The van der Waals surface area contributed by atoms with Crippen molar-refractivity contribution in [3.8, 4) is 0 Å². The summed E-state index contributed by atoms with van der Waals surface area (Å²) in [6, 6.07) is 8.99. The molecule has 0 saturated heterocycles. The Morgan fingerprint density at radius 3 is 2.25 bits per heavy atom. The Labute approximate surface area is 187 Å². The molecule has 156 valence electrons. The van der Waals surface area contributed by atoms with E-state index in [2.05, 4.69) is 72.7 Å². The first kappa shape index (κ1) is 24.5. The minimum absolute atomic E-state index is 0. The zero-order chi connectivity index (χ0) is 19.8.